The molecule has 2 rings (SSSR count). The lowest BCUT2D eigenvalue weighted by atomic mass is 9.72. The van der Waals surface area contributed by atoms with Crippen LogP contribution in [0.1, 0.15) is 50.2 Å². The fourth-order valence-electron chi connectivity index (χ4n) is 2.46. The maximum Gasteiger partial charge on any atom is 0.130 e. The van der Waals surface area contributed by atoms with Gasteiger partial charge in [-0.05, 0) is 42.9 Å². The lowest BCUT2D eigenvalue weighted by Gasteiger charge is -2.39. The number of ether oxygens (including phenoxy) is 1. The topological polar surface area (TPSA) is 35.2 Å². The van der Waals surface area contributed by atoms with E-state index in [4.69, 9.17) is 10.5 Å². The molecule has 0 spiro atoms. The predicted molar refractivity (Wildman–Crippen MR) is 66.8 cm³/mol. The van der Waals surface area contributed by atoms with Gasteiger partial charge < -0.3 is 10.5 Å². The number of hydrogen-bond acceptors (Lipinski definition) is 2. The molecule has 1 aromatic carbocycles. The first-order valence-electron chi connectivity index (χ1n) is 6.15. The summed E-state index contributed by atoms with van der Waals surface area (Å²) in [6, 6.07) is 3.48. The molecule has 1 aromatic rings. The zero-order valence-electron chi connectivity index (χ0n) is 10.7. The minimum atomic E-state index is -0.344. The monoisotopic (exact) mass is 237 g/mol. The van der Waals surface area contributed by atoms with Gasteiger partial charge in [-0.25, -0.2) is 4.39 Å². The highest BCUT2D eigenvalue weighted by Gasteiger charge is 2.35. The SMILES string of the molecule is COc1cc(C2(N)CCC2)cc(F)c1C(C)C. The van der Waals surface area contributed by atoms with Crippen LogP contribution in [0.15, 0.2) is 12.1 Å². The van der Waals surface area contributed by atoms with Gasteiger partial charge in [-0.15, -0.1) is 0 Å². The van der Waals surface area contributed by atoms with Crippen molar-refractivity contribution in [1.29, 1.82) is 0 Å². The number of nitrogens with two attached hydrogens (primary N) is 1. The van der Waals surface area contributed by atoms with Gasteiger partial charge in [0.2, 0.25) is 0 Å². The molecule has 2 nitrogen and oxygen atoms in total. The fraction of sp³-hybridized carbons (Fsp3) is 0.571. The summed E-state index contributed by atoms with van der Waals surface area (Å²) in [5.41, 5.74) is 7.38. The Morgan fingerprint density at radius 3 is 2.41 bits per heavy atom. The van der Waals surface area contributed by atoms with Crippen molar-refractivity contribution in [2.75, 3.05) is 7.11 Å². The lowest BCUT2D eigenvalue weighted by molar-refractivity contribution is 0.251. The van der Waals surface area contributed by atoms with Crippen molar-refractivity contribution < 1.29 is 9.13 Å². The van der Waals surface area contributed by atoms with E-state index in [-0.39, 0.29) is 17.3 Å². The van der Waals surface area contributed by atoms with E-state index in [0.717, 1.165) is 24.8 Å². The van der Waals surface area contributed by atoms with Crippen LogP contribution in [-0.2, 0) is 5.54 Å². The van der Waals surface area contributed by atoms with Crippen LogP contribution in [-0.4, -0.2) is 7.11 Å². The van der Waals surface area contributed by atoms with Crippen LogP contribution < -0.4 is 10.5 Å². The third-order valence-corrected chi connectivity index (χ3v) is 3.71. The molecule has 1 aliphatic rings. The average Bonchev–Trinajstić information content (AvgIpc) is 2.23. The Labute approximate surface area is 102 Å². The summed E-state index contributed by atoms with van der Waals surface area (Å²) >= 11 is 0. The molecule has 1 saturated carbocycles. The van der Waals surface area contributed by atoms with Gasteiger partial charge in [0.1, 0.15) is 11.6 Å². The van der Waals surface area contributed by atoms with Crippen LogP contribution in [0.4, 0.5) is 4.39 Å². The highest BCUT2D eigenvalue weighted by atomic mass is 19.1. The second kappa shape index (κ2) is 4.30. The van der Waals surface area contributed by atoms with Gasteiger partial charge in [0.15, 0.2) is 0 Å². The molecule has 0 amide bonds. The maximum absolute atomic E-state index is 14.1. The van der Waals surface area contributed by atoms with E-state index in [9.17, 15) is 4.39 Å². The standard InChI is InChI=1S/C14H20FNO/c1-9(2)13-11(15)7-10(8-12(13)17-3)14(16)5-4-6-14/h7-9H,4-6,16H2,1-3H3. The molecule has 1 fully saturated rings. The van der Waals surface area contributed by atoms with E-state index >= 15 is 0 Å². The fourth-order valence-corrected chi connectivity index (χ4v) is 2.46. The van der Waals surface area contributed by atoms with Gasteiger partial charge in [0.05, 0.1) is 7.11 Å². The Kier molecular flexibility index (Phi) is 3.13. The van der Waals surface area contributed by atoms with Crippen LogP contribution >= 0.6 is 0 Å². The molecule has 0 unspecified atom stereocenters. The summed E-state index contributed by atoms with van der Waals surface area (Å²) in [6.07, 6.45) is 2.97. The summed E-state index contributed by atoms with van der Waals surface area (Å²) in [5, 5.41) is 0. The average molecular weight is 237 g/mol. The Morgan fingerprint density at radius 1 is 1.35 bits per heavy atom. The number of rotatable bonds is 3. The van der Waals surface area contributed by atoms with Crippen molar-refractivity contribution >= 4 is 0 Å². The Bertz CT molecular complexity index is 424. The Hall–Kier alpha value is -1.09. The normalized spacial score (nSPS) is 18.0. The van der Waals surface area contributed by atoms with Crippen LogP contribution in [0.5, 0.6) is 5.75 Å². The predicted octanol–water partition coefficient (Wildman–Crippen LogP) is 3.30. The van der Waals surface area contributed by atoms with E-state index in [1.807, 2.05) is 19.9 Å². The minimum Gasteiger partial charge on any atom is -0.496 e. The highest BCUT2D eigenvalue weighted by Crippen LogP contribution is 2.42. The molecular formula is C14H20FNO. The van der Waals surface area contributed by atoms with Gasteiger partial charge in [-0.3, -0.25) is 0 Å². The molecule has 0 bridgehead atoms. The van der Waals surface area contributed by atoms with Crippen molar-refractivity contribution in [3.63, 3.8) is 0 Å². The van der Waals surface area contributed by atoms with Gasteiger partial charge in [-0.2, -0.15) is 0 Å². The molecule has 0 radical (unpaired) electrons. The summed E-state index contributed by atoms with van der Waals surface area (Å²) in [6.45, 7) is 3.92. The van der Waals surface area contributed by atoms with Gasteiger partial charge >= 0.3 is 0 Å². The highest BCUT2D eigenvalue weighted by molar-refractivity contribution is 5.43. The van der Waals surface area contributed by atoms with Crippen molar-refractivity contribution in [2.45, 2.75) is 44.6 Å². The number of benzene rings is 1. The summed E-state index contributed by atoms with van der Waals surface area (Å²) in [7, 11) is 1.58. The largest absolute Gasteiger partial charge is 0.496 e. The van der Waals surface area contributed by atoms with Crippen molar-refractivity contribution in [3.05, 3.63) is 29.1 Å². The first-order chi connectivity index (χ1) is 7.98. The van der Waals surface area contributed by atoms with Gasteiger partial charge in [0, 0.05) is 11.1 Å². The van der Waals surface area contributed by atoms with E-state index in [1.165, 1.54) is 0 Å². The van der Waals surface area contributed by atoms with Crippen molar-refractivity contribution in [2.24, 2.45) is 5.73 Å². The number of hydrogen-bond donors (Lipinski definition) is 1. The van der Waals surface area contributed by atoms with Gasteiger partial charge in [0.25, 0.3) is 0 Å². The van der Waals surface area contributed by atoms with E-state index in [1.54, 1.807) is 13.2 Å². The summed E-state index contributed by atoms with van der Waals surface area (Å²) in [4.78, 5) is 0. The molecule has 0 heterocycles. The van der Waals surface area contributed by atoms with E-state index in [0.29, 0.717) is 11.3 Å². The molecule has 0 saturated heterocycles. The first kappa shape index (κ1) is 12.4. The molecule has 0 atom stereocenters. The summed E-state index contributed by atoms with van der Waals surface area (Å²) < 4.78 is 19.4. The molecule has 0 aliphatic heterocycles. The zero-order valence-corrected chi connectivity index (χ0v) is 10.7. The van der Waals surface area contributed by atoms with Crippen LogP contribution in [0.3, 0.4) is 0 Å². The third kappa shape index (κ3) is 2.04. The number of methoxy groups -OCH3 is 1. The van der Waals surface area contributed by atoms with Crippen LogP contribution in [0.25, 0.3) is 0 Å². The molecule has 0 aromatic heterocycles. The van der Waals surface area contributed by atoms with Crippen LogP contribution in [0, 0.1) is 5.82 Å². The molecule has 3 heteroatoms. The van der Waals surface area contributed by atoms with E-state index < -0.39 is 0 Å². The Balaban J connectivity index is 2.48. The molecule has 17 heavy (non-hydrogen) atoms. The number of halogens is 1. The first-order valence-corrected chi connectivity index (χ1v) is 6.15. The second-order valence-corrected chi connectivity index (χ2v) is 5.24. The third-order valence-electron chi connectivity index (χ3n) is 3.71. The maximum atomic E-state index is 14.1. The van der Waals surface area contributed by atoms with Gasteiger partial charge in [-0.1, -0.05) is 13.8 Å². The van der Waals surface area contributed by atoms with E-state index in [2.05, 4.69) is 0 Å². The smallest absolute Gasteiger partial charge is 0.130 e. The molecular weight excluding hydrogens is 217 g/mol. The quantitative estimate of drug-likeness (QED) is 0.875. The lowest BCUT2D eigenvalue weighted by Crippen LogP contribution is -2.43. The second-order valence-electron chi connectivity index (χ2n) is 5.24. The molecule has 2 N–H and O–H groups in total. The summed E-state index contributed by atoms with van der Waals surface area (Å²) in [5.74, 6) is 0.520. The molecule has 1 aliphatic carbocycles. The van der Waals surface area contributed by atoms with Crippen LogP contribution in [0.2, 0.25) is 0 Å². The minimum absolute atomic E-state index is 0.106. The Morgan fingerprint density at radius 2 is 2.00 bits per heavy atom. The van der Waals surface area contributed by atoms with Crippen molar-refractivity contribution in [3.8, 4) is 5.75 Å². The molecule has 94 valence electrons. The van der Waals surface area contributed by atoms with Crippen molar-refractivity contribution in [1.82, 2.24) is 0 Å². The zero-order chi connectivity index (χ0) is 12.6.